The summed E-state index contributed by atoms with van der Waals surface area (Å²) in [7, 11) is 3.46. The Morgan fingerprint density at radius 3 is 2.06 bits per heavy atom. The van der Waals surface area contributed by atoms with E-state index in [1.54, 1.807) is 61.7 Å². The molecular formula is C25H21Cl2N5O2. The summed E-state index contributed by atoms with van der Waals surface area (Å²) in [6.07, 6.45) is 3.62. The zero-order valence-electron chi connectivity index (χ0n) is 18.4. The molecule has 172 valence electrons. The van der Waals surface area contributed by atoms with Gasteiger partial charge in [0.2, 0.25) is 0 Å². The number of amides is 2. The van der Waals surface area contributed by atoms with Crippen LogP contribution in [-0.4, -0.2) is 27.9 Å². The van der Waals surface area contributed by atoms with Crippen molar-refractivity contribution in [2.24, 2.45) is 7.05 Å². The average Bonchev–Trinajstić information content (AvgIpc) is 3.20. The summed E-state index contributed by atoms with van der Waals surface area (Å²) in [6.45, 7) is 0. The number of ether oxygens (including phenoxy) is 1. The normalized spacial score (nSPS) is 10.9. The molecule has 0 spiro atoms. The number of methoxy groups -OCH3 is 1. The average molecular weight is 494 g/mol. The molecule has 0 aliphatic carbocycles. The van der Waals surface area contributed by atoms with Crippen molar-refractivity contribution in [2.75, 3.05) is 17.7 Å². The Labute approximate surface area is 207 Å². The van der Waals surface area contributed by atoms with Crippen LogP contribution in [0.5, 0.6) is 5.75 Å². The van der Waals surface area contributed by atoms with Crippen LogP contribution in [0, 0.1) is 0 Å². The molecule has 9 heteroatoms. The van der Waals surface area contributed by atoms with Crippen LogP contribution in [0.25, 0.3) is 23.5 Å². The summed E-state index contributed by atoms with van der Waals surface area (Å²) in [6, 6.07) is 19.4. The van der Waals surface area contributed by atoms with Gasteiger partial charge in [-0.3, -0.25) is 0 Å². The first-order chi connectivity index (χ1) is 16.4. The van der Waals surface area contributed by atoms with E-state index < -0.39 is 0 Å². The van der Waals surface area contributed by atoms with Crippen molar-refractivity contribution >= 4 is 52.8 Å². The van der Waals surface area contributed by atoms with Gasteiger partial charge in [0.25, 0.3) is 0 Å². The fraction of sp³-hybridized carbons (Fsp3) is 0.0800. The Kier molecular flexibility index (Phi) is 7.15. The van der Waals surface area contributed by atoms with Crippen LogP contribution in [0.1, 0.15) is 11.4 Å². The maximum Gasteiger partial charge on any atom is 0.323 e. The summed E-state index contributed by atoms with van der Waals surface area (Å²) in [5.41, 5.74) is 2.88. The Hall–Kier alpha value is -3.81. The number of nitrogens with one attached hydrogen (secondary N) is 2. The number of urea groups is 1. The third-order valence-corrected chi connectivity index (χ3v) is 5.72. The summed E-state index contributed by atoms with van der Waals surface area (Å²) in [5, 5.41) is 15.2. The van der Waals surface area contributed by atoms with Gasteiger partial charge < -0.3 is 19.9 Å². The van der Waals surface area contributed by atoms with Crippen molar-refractivity contribution in [1.82, 2.24) is 14.8 Å². The molecule has 0 atom stereocenters. The summed E-state index contributed by atoms with van der Waals surface area (Å²) >= 11 is 12.5. The number of carbonyl (C=O) groups is 1. The first-order valence-corrected chi connectivity index (χ1v) is 11.0. The number of anilines is 2. The van der Waals surface area contributed by atoms with Crippen LogP contribution in [0.15, 0.2) is 66.7 Å². The highest BCUT2D eigenvalue weighted by atomic mass is 35.5. The molecule has 1 heterocycles. The van der Waals surface area contributed by atoms with Crippen LogP contribution in [0.4, 0.5) is 16.2 Å². The highest BCUT2D eigenvalue weighted by Crippen LogP contribution is 2.27. The van der Waals surface area contributed by atoms with Crippen molar-refractivity contribution in [3.05, 3.63) is 88.2 Å². The van der Waals surface area contributed by atoms with Crippen LogP contribution < -0.4 is 15.4 Å². The summed E-state index contributed by atoms with van der Waals surface area (Å²) in [5.74, 6) is 2.04. The minimum absolute atomic E-state index is 0.345. The second-order valence-electron chi connectivity index (χ2n) is 7.29. The molecule has 2 amide bonds. The van der Waals surface area contributed by atoms with Crippen molar-refractivity contribution in [3.63, 3.8) is 0 Å². The number of rotatable bonds is 6. The zero-order chi connectivity index (χ0) is 24.1. The van der Waals surface area contributed by atoms with Gasteiger partial charge in [0, 0.05) is 39.6 Å². The van der Waals surface area contributed by atoms with Gasteiger partial charge >= 0.3 is 6.03 Å². The first-order valence-electron chi connectivity index (χ1n) is 10.3. The lowest BCUT2D eigenvalue weighted by atomic mass is 10.2. The van der Waals surface area contributed by atoms with Crippen LogP contribution in [-0.2, 0) is 7.05 Å². The SMILES string of the molecule is COc1ccc(NC(=O)Nc2ccc(-c3nnc(/C=C/c4c(Cl)cccc4Cl)n3C)cc2)cc1. The largest absolute Gasteiger partial charge is 0.497 e. The molecule has 0 aliphatic heterocycles. The van der Waals surface area contributed by atoms with Gasteiger partial charge in [0.1, 0.15) is 5.75 Å². The molecule has 0 fully saturated rings. The van der Waals surface area contributed by atoms with Crippen LogP contribution in [0.3, 0.4) is 0 Å². The Morgan fingerprint density at radius 1 is 0.882 bits per heavy atom. The number of hydrogen-bond donors (Lipinski definition) is 2. The Balaban J connectivity index is 1.43. The number of nitrogens with zero attached hydrogens (tertiary/aromatic N) is 3. The fourth-order valence-corrected chi connectivity index (χ4v) is 3.76. The lowest BCUT2D eigenvalue weighted by Gasteiger charge is -2.09. The molecule has 0 aliphatic rings. The van der Waals surface area contributed by atoms with Gasteiger partial charge in [-0.15, -0.1) is 10.2 Å². The Morgan fingerprint density at radius 2 is 1.47 bits per heavy atom. The Bertz CT molecular complexity index is 1310. The number of hydrogen-bond acceptors (Lipinski definition) is 4. The topological polar surface area (TPSA) is 81.1 Å². The van der Waals surface area contributed by atoms with E-state index in [2.05, 4.69) is 20.8 Å². The van der Waals surface area contributed by atoms with E-state index in [1.807, 2.05) is 35.9 Å². The van der Waals surface area contributed by atoms with E-state index in [-0.39, 0.29) is 6.03 Å². The molecule has 2 N–H and O–H groups in total. The van der Waals surface area contributed by atoms with Gasteiger partial charge in [-0.25, -0.2) is 4.79 Å². The van der Waals surface area contributed by atoms with Crippen LogP contribution >= 0.6 is 23.2 Å². The molecule has 0 unspecified atom stereocenters. The second kappa shape index (κ2) is 10.4. The standard InChI is InChI=1S/C25H21Cl2N5O2/c1-32-23(15-14-20-21(26)4-3-5-22(20)27)30-31-24(32)16-6-8-17(9-7-16)28-25(33)29-18-10-12-19(34-2)13-11-18/h3-15H,1-2H3,(H2,28,29,33)/b15-14+. The predicted octanol–water partition coefficient (Wildman–Crippen LogP) is 6.61. The van der Waals surface area contributed by atoms with Crippen molar-refractivity contribution in [3.8, 4) is 17.1 Å². The molecule has 3 aromatic carbocycles. The highest BCUT2D eigenvalue weighted by Gasteiger charge is 2.10. The molecule has 7 nitrogen and oxygen atoms in total. The predicted molar refractivity (Wildman–Crippen MR) is 137 cm³/mol. The van der Waals surface area contributed by atoms with Crippen molar-refractivity contribution in [1.29, 1.82) is 0 Å². The number of aromatic nitrogens is 3. The van der Waals surface area contributed by atoms with Crippen molar-refractivity contribution < 1.29 is 9.53 Å². The second-order valence-corrected chi connectivity index (χ2v) is 8.11. The molecule has 0 saturated heterocycles. The van der Waals surface area contributed by atoms with Gasteiger partial charge in [0.05, 0.1) is 7.11 Å². The monoisotopic (exact) mass is 493 g/mol. The van der Waals surface area contributed by atoms with E-state index >= 15 is 0 Å². The maximum absolute atomic E-state index is 12.3. The summed E-state index contributed by atoms with van der Waals surface area (Å²) in [4.78, 5) is 12.3. The van der Waals surface area contributed by atoms with Gasteiger partial charge in [0.15, 0.2) is 11.6 Å². The third kappa shape index (κ3) is 5.39. The number of halogens is 2. The van der Waals surface area contributed by atoms with Gasteiger partial charge in [-0.2, -0.15) is 0 Å². The minimum atomic E-state index is -0.345. The molecule has 4 aromatic rings. The fourth-order valence-electron chi connectivity index (χ4n) is 3.24. The van der Waals surface area contributed by atoms with E-state index in [0.717, 1.165) is 16.9 Å². The lowest BCUT2D eigenvalue weighted by Crippen LogP contribution is -2.19. The molecule has 0 saturated carbocycles. The lowest BCUT2D eigenvalue weighted by molar-refractivity contribution is 0.262. The molecule has 4 rings (SSSR count). The maximum atomic E-state index is 12.3. The van der Waals surface area contributed by atoms with E-state index in [9.17, 15) is 4.79 Å². The molecule has 0 bridgehead atoms. The highest BCUT2D eigenvalue weighted by molar-refractivity contribution is 6.37. The van der Waals surface area contributed by atoms with E-state index in [4.69, 9.17) is 27.9 Å². The molecular weight excluding hydrogens is 473 g/mol. The van der Waals surface area contributed by atoms with Crippen LogP contribution in [0.2, 0.25) is 10.0 Å². The third-order valence-electron chi connectivity index (χ3n) is 5.06. The van der Waals surface area contributed by atoms with Crippen molar-refractivity contribution in [2.45, 2.75) is 0 Å². The minimum Gasteiger partial charge on any atom is -0.497 e. The molecule has 34 heavy (non-hydrogen) atoms. The zero-order valence-corrected chi connectivity index (χ0v) is 19.9. The van der Waals surface area contributed by atoms with E-state index in [0.29, 0.717) is 33.1 Å². The van der Waals surface area contributed by atoms with Gasteiger partial charge in [-0.1, -0.05) is 29.3 Å². The first kappa shape index (κ1) is 23.4. The quantitative estimate of drug-likeness (QED) is 0.316. The van der Waals surface area contributed by atoms with E-state index in [1.165, 1.54) is 0 Å². The molecule has 1 aromatic heterocycles. The smallest absolute Gasteiger partial charge is 0.323 e. The number of carbonyl (C=O) groups excluding carboxylic acids is 1. The molecule has 0 radical (unpaired) electrons. The summed E-state index contributed by atoms with van der Waals surface area (Å²) < 4.78 is 6.98. The number of benzene rings is 3. The van der Waals surface area contributed by atoms with Gasteiger partial charge in [-0.05, 0) is 72.8 Å².